The standard InChI is InChI=1S/C12H13ClN4O/c1-3-10-15-11(17-16-10)12(18)14-9-5-4-8(13)6-7(9)2/h4-6H,3H2,1-2H3,(H,14,18)(H,15,16,17). The molecule has 1 amide bonds. The van der Waals surface area contributed by atoms with E-state index in [0.29, 0.717) is 23.0 Å². The number of rotatable bonds is 3. The molecule has 0 saturated carbocycles. The van der Waals surface area contributed by atoms with Gasteiger partial charge in [-0.3, -0.25) is 9.89 Å². The van der Waals surface area contributed by atoms with Crippen LogP contribution in [0.1, 0.15) is 28.9 Å². The molecule has 94 valence electrons. The minimum atomic E-state index is -0.337. The van der Waals surface area contributed by atoms with E-state index in [1.54, 1.807) is 18.2 Å². The number of anilines is 1. The maximum Gasteiger partial charge on any atom is 0.295 e. The summed E-state index contributed by atoms with van der Waals surface area (Å²) in [6.45, 7) is 3.81. The van der Waals surface area contributed by atoms with E-state index < -0.39 is 0 Å². The predicted octanol–water partition coefficient (Wildman–Crippen LogP) is 2.58. The molecule has 0 aliphatic rings. The van der Waals surface area contributed by atoms with Crippen molar-refractivity contribution in [3.8, 4) is 0 Å². The molecule has 2 rings (SSSR count). The number of amides is 1. The summed E-state index contributed by atoms with van der Waals surface area (Å²) in [6.07, 6.45) is 0.709. The van der Waals surface area contributed by atoms with Gasteiger partial charge in [-0.25, -0.2) is 4.98 Å². The van der Waals surface area contributed by atoms with Crippen molar-refractivity contribution in [2.45, 2.75) is 20.3 Å². The molecule has 6 heteroatoms. The minimum Gasteiger partial charge on any atom is -0.319 e. The number of halogens is 1. The number of carbonyl (C=O) groups is 1. The number of hydrogen-bond acceptors (Lipinski definition) is 3. The van der Waals surface area contributed by atoms with E-state index in [4.69, 9.17) is 11.6 Å². The zero-order valence-electron chi connectivity index (χ0n) is 10.1. The Morgan fingerprint density at radius 1 is 1.50 bits per heavy atom. The largest absolute Gasteiger partial charge is 0.319 e. The molecular formula is C12H13ClN4O. The summed E-state index contributed by atoms with van der Waals surface area (Å²) in [7, 11) is 0. The van der Waals surface area contributed by atoms with Gasteiger partial charge in [0.1, 0.15) is 5.82 Å². The number of aryl methyl sites for hydroxylation is 2. The number of hydrogen-bond donors (Lipinski definition) is 2. The molecule has 0 bridgehead atoms. The van der Waals surface area contributed by atoms with Crippen LogP contribution in [-0.4, -0.2) is 21.1 Å². The molecule has 2 aromatic rings. The van der Waals surface area contributed by atoms with E-state index in [1.165, 1.54) is 0 Å². The third-order valence-electron chi connectivity index (χ3n) is 2.51. The van der Waals surface area contributed by atoms with Crippen LogP contribution in [0.3, 0.4) is 0 Å². The molecule has 18 heavy (non-hydrogen) atoms. The van der Waals surface area contributed by atoms with Gasteiger partial charge in [-0.2, -0.15) is 0 Å². The number of nitrogens with zero attached hydrogens (tertiary/aromatic N) is 2. The van der Waals surface area contributed by atoms with Crippen molar-refractivity contribution in [3.05, 3.63) is 40.4 Å². The number of nitrogens with one attached hydrogen (secondary N) is 2. The van der Waals surface area contributed by atoms with Crippen molar-refractivity contribution in [2.24, 2.45) is 0 Å². The molecule has 5 nitrogen and oxygen atoms in total. The summed E-state index contributed by atoms with van der Waals surface area (Å²) < 4.78 is 0. The lowest BCUT2D eigenvalue weighted by molar-refractivity contribution is 0.101. The molecule has 2 N–H and O–H groups in total. The molecule has 0 aliphatic heterocycles. The van der Waals surface area contributed by atoms with Crippen LogP contribution >= 0.6 is 11.6 Å². The van der Waals surface area contributed by atoms with Crippen LogP contribution in [0.4, 0.5) is 5.69 Å². The summed E-state index contributed by atoms with van der Waals surface area (Å²) in [6, 6.07) is 5.26. The topological polar surface area (TPSA) is 70.7 Å². The van der Waals surface area contributed by atoms with Gasteiger partial charge in [0.2, 0.25) is 5.82 Å². The first kappa shape index (κ1) is 12.6. The van der Waals surface area contributed by atoms with Crippen molar-refractivity contribution in [1.29, 1.82) is 0 Å². The van der Waals surface area contributed by atoms with E-state index >= 15 is 0 Å². The monoisotopic (exact) mass is 264 g/mol. The van der Waals surface area contributed by atoms with Crippen LogP contribution in [-0.2, 0) is 6.42 Å². The molecule has 1 aromatic heterocycles. The van der Waals surface area contributed by atoms with Gasteiger partial charge >= 0.3 is 0 Å². The Kier molecular flexibility index (Phi) is 3.62. The fourth-order valence-electron chi connectivity index (χ4n) is 1.50. The third kappa shape index (κ3) is 2.68. The molecule has 0 spiro atoms. The summed E-state index contributed by atoms with van der Waals surface area (Å²) in [4.78, 5) is 16.0. The average molecular weight is 265 g/mol. The number of H-pyrrole nitrogens is 1. The van der Waals surface area contributed by atoms with E-state index in [9.17, 15) is 4.79 Å². The zero-order chi connectivity index (χ0) is 13.1. The summed E-state index contributed by atoms with van der Waals surface area (Å²) >= 11 is 5.85. The van der Waals surface area contributed by atoms with Crippen LogP contribution in [0.2, 0.25) is 5.02 Å². The van der Waals surface area contributed by atoms with Crippen LogP contribution < -0.4 is 5.32 Å². The summed E-state index contributed by atoms with van der Waals surface area (Å²) in [5.41, 5.74) is 1.59. The Balaban J connectivity index is 2.16. The summed E-state index contributed by atoms with van der Waals surface area (Å²) in [5.74, 6) is 0.491. The van der Waals surface area contributed by atoms with Crippen LogP contribution in [0, 0.1) is 6.92 Å². The quantitative estimate of drug-likeness (QED) is 0.895. The maximum atomic E-state index is 11.9. The number of carbonyl (C=O) groups excluding carboxylic acids is 1. The third-order valence-corrected chi connectivity index (χ3v) is 2.74. The highest BCUT2D eigenvalue weighted by molar-refractivity contribution is 6.30. The lowest BCUT2D eigenvalue weighted by Gasteiger charge is -2.06. The number of aromatic amines is 1. The van der Waals surface area contributed by atoms with Crippen molar-refractivity contribution < 1.29 is 4.79 Å². The van der Waals surface area contributed by atoms with Gasteiger partial charge in [0, 0.05) is 17.1 Å². The highest BCUT2D eigenvalue weighted by Gasteiger charge is 2.13. The zero-order valence-corrected chi connectivity index (χ0v) is 10.9. The second-order valence-electron chi connectivity index (χ2n) is 3.87. The van der Waals surface area contributed by atoms with Gasteiger partial charge in [-0.05, 0) is 30.7 Å². The minimum absolute atomic E-state index is 0.140. The van der Waals surface area contributed by atoms with Gasteiger partial charge < -0.3 is 5.32 Å². The normalized spacial score (nSPS) is 10.4. The first-order chi connectivity index (χ1) is 8.60. The smallest absolute Gasteiger partial charge is 0.295 e. The van der Waals surface area contributed by atoms with Gasteiger partial charge in [0.15, 0.2) is 0 Å². The Hall–Kier alpha value is -1.88. The molecule has 0 unspecified atom stereocenters. The highest BCUT2D eigenvalue weighted by atomic mass is 35.5. The second kappa shape index (κ2) is 5.18. The Morgan fingerprint density at radius 3 is 2.89 bits per heavy atom. The molecule has 0 radical (unpaired) electrons. The fourth-order valence-corrected chi connectivity index (χ4v) is 1.73. The van der Waals surface area contributed by atoms with Crippen molar-refractivity contribution in [3.63, 3.8) is 0 Å². The van der Waals surface area contributed by atoms with Crippen LogP contribution in [0.25, 0.3) is 0 Å². The van der Waals surface area contributed by atoms with E-state index in [-0.39, 0.29) is 11.7 Å². The molecule has 1 aromatic carbocycles. The highest BCUT2D eigenvalue weighted by Crippen LogP contribution is 2.19. The molecule has 0 aliphatic carbocycles. The van der Waals surface area contributed by atoms with E-state index in [1.807, 2.05) is 13.8 Å². The SMILES string of the molecule is CCc1nc(C(=O)Nc2ccc(Cl)cc2C)n[nH]1. The molecule has 1 heterocycles. The van der Waals surface area contributed by atoms with E-state index in [2.05, 4.69) is 20.5 Å². The Morgan fingerprint density at radius 2 is 2.28 bits per heavy atom. The predicted molar refractivity (Wildman–Crippen MR) is 69.9 cm³/mol. The number of benzene rings is 1. The molecule has 0 fully saturated rings. The molecular weight excluding hydrogens is 252 g/mol. The lowest BCUT2D eigenvalue weighted by Crippen LogP contribution is -2.14. The Bertz CT molecular complexity index is 579. The van der Waals surface area contributed by atoms with Gasteiger partial charge in [0.05, 0.1) is 0 Å². The summed E-state index contributed by atoms with van der Waals surface area (Å²) in [5, 5.41) is 9.94. The van der Waals surface area contributed by atoms with Crippen molar-refractivity contribution >= 4 is 23.2 Å². The van der Waals surface area contributed by atoms with Gasteiger partial charge in [0.25, 0.3) is 5.91 Å². The van der Waals surface area contributed by atoms with Gasteiger partial charge in [-0.1, -0.05) is 18.5 Å². The maximum absolute atomic E-state index is 11.9. The van der Waals surface area contributed by atoms with Crippen LogP contribution in [0.15, 0.2) is 18.2 Å². The first-order valence-electron chi connectivity index (χ1n) is 5.59. The van der Waals surface area contributed by atoms with E-state index in [0.717, 1.165) is 5.56 Å². The van der Waals surface area contributed by atoms with Crippen LogP contribution in [0.5, 0.6) is 0 Å². The van der Waals surface area contributed by atoms with Gasteiger partial charge in [-0.15, -0.1) is 5.10 Å². The Labute approximate surface area is 110 Å². The molecule has 0 saturated heterocycles. The fraction of sp³-hybridized carbons (Fsp3) is 0.250. The average Bonchev–Trinajstić information content (AvgIpc) is 2.81. The van der Waals surface area contributed by atoms with Crippen molar-refractivity contribution in [2.75, 3.05) is 5.32 Å². The van der Waals surface area contributed by atoms with Crippen molar-refractivity contribution in [1.82, 2.24) is 15.2 Å². The molecule has 0 atom stereocenters. The lowest BCUT2D eigenvalue weighted by atomic mass is 10.2. The number of aromatic nitrogens is 3. The first-order valence-corrected chi connectivity index (χ1v) is 5.96. The second-order valence-corrected chi connectivity index (χ2v) is 4.31.